The average Bonchev–Trinajstić information content (AvgIpc) is 2.69. The highest BCUT2D eigenvalue weighted by atomic mass is 19.3. The molecule has 0 saturated heterocycles. The summed E-state index contributed by atoms with van der Waals surface area (Å²) in [5.74, 6) is -3.76. The molecule has 9 nitrogen and oxygen atoms in total. The highest BCUT2D eigenvalue weighted by Gasteiger charge is 2.29. The predicted octanol–water partition coefficient (Wildman–Crippen LogP) is 3.01. The van der Waals surface area contributed by atoms with E-state index in [2.05, 4.69) is 30.7 Å². The van der Waals surface area contributed by atoms with Crippen molar-refractivity contribution in [3.05, 3.63) is 52.3 Å². The summed E-state index contributed by atoms with van der Waals surface area (Å²) in [6.07, 6.45) is 1.89. The van der Waals surface area contributed by atoms with Gasteiger partial charge in [-0.15, -0.1) is 0 Å². The fourth-order valence-electron chi connectivity index (χ4n) is 2.73. The van der Waals surface area contributed by atoms with E-state index in [-0.39, 0.29) is 23.1 Å². The van der Waals surface area contributed by atoms with E-state index in [0.29, 0.717) is 29.1 Å². The Morgan fingerprint density at radius 1 is 1.19 bits per heavy atom. The number of halogens is 2. The highest BCUT2D eigenvalue weighted by molar-refractivity contribution is 5.89. The molecule has 3 heterocycles. The molecule has 31 heavy (non-hydrogen) atoms. The summed E-state index contributed by atoms with van der Waals surface area (Å²) < 4.78 is 28.9. The minimum atomic E-state index is -3.22. The zero-order valence-corrected chi connectivity index (χ0v) is 17.4. The van der Waals surface area contributed by atoms with Crippen LogP contribution >= 0.6 is 0 Å². The number of aromatic nitrogens is 5. The van der Waals surface area contributed by atoms with Crippen LogP contribution in [-0.2, 0) is 24.2 Å². The lowest BCUT2D eigenvalue weighted by Crippen LogP contribution is -2.18. The van der Waals surface area contributed by atoms with Crippen LogP contribution < -0.4 is 16.2 Å². The van der Waals surface area contributed by atoms with E-state index in [1.165, 1.54) is 38.4 Å². The monoisotopic (exact) mass is 429 g/mol. The number of alkyl halides is 2. The number of rotatable bonds is 6. The van der Waals surface area contributed by atoms with E-state index >= 15 is 0 Å². The molecule has 0 spiro atoms. The van der Waals surface area contributed by atoms with Gasteiger partial charge >= 0.3 is 5.92 Å². The fourth-order valence-corrected chi connectivity index (χ4v) is 2.73. The lowest BCUT2D eigenvalue weighted by Gasteiger charge is -2.16. The summed E-state index contributed by atoms with van der Waals surface area (Å²) in [7, 11) is 1.51. The lowest BCUT2D eigenvalue weighted by molar-refractivity contribution is -0.114. The SMILES string of the molecule is CCc1cc(Nc2cc(NC(C)=O)ncc2-c2ccc(=O)n(C)n2)nc(C(C)(F)F)n1. The molecule has 1 amide bonds. The van der Waals surface area contributed by atoms with Crippen molar-refractivity contribution in [2.24, 2.45) is 7.05 Å². The maximum Gasteiger partial charge on any atom is 0.303 e. The summed E-state index contributed by atoms with van der Waals surface area (Å²) >= 11 is 0. The van der Waals surface area contributed by atoms with E-state index in [1.807, 2.05) is 0 Å². The molecule has 162 valence electrons. The number of anilines is 3. The fraction of sp³-hybridized carbons (Fsp3) is 0.300. The predicted molar refractivity (Wildman–Crippen MR) is 111 cm³/mol. The Morgan fingerprint density at radius 3 is 2.55 bits per heavy atom. The molecule has 11 heteroatoms. The molecule has 0 saturated carbocycles. The number of nitrogens with zero attached hydrogens (tertiary/aromatic N) is 5. The molecule has 0 unspecified atom stereocenters. The summed E-state index contributed by atoms with van der Waals surface area (Å²) in [5, 5.41) is 9.78. The Hall–Kier alpha value is -3.76. The van der Waals surface area contributed by atoms with Gasteiger partial charge < -0.3 is 10.6 Å². The number of nitrogens with one attached hydrogen (secondary N) is 2. The number of amides is 1. The van der Waals surface area contributed by atoms with Crippen molar-refractivity contribution < 1.29 is 13.6 Å². The maximum atomic E-state index is 13.9. The Kier molecular flexibility index (Phi) is 6.04. The normalized spacial score (nSPS) is 11.3. The molecule has 0 bridgehead atoms. The molecule has 3 aromatic heterocycles. The van der Waals surface area contributed by atoms with Crippen LogP contribution in [0.15, 0.2) is 35.3 Å². The van der Waals surface area contributed by atoms with Gasteiger partial charge in [0.1, 0.15) is 11.6 Å². The number of aryl methyl sites for hydroxylation is 2. The summed E-state index contributed by atoms with van der Waals surface area (Å²) in [5.41, 5.74) is 1.44. The number of hydrogen-bond donors (Lipinski definition) is 2. The first-order chi connectivity index (χ1) is 14.6. The van der Waals surface area contributed by atoms with Crippen molar-refractivity contribution in [2.75, 3.05) is 10.6 Å². The van der Waals surface area contributed by atoms with Crippen LogP contribution in [0.3, 0.4) is 0 Å². The third kappa shape index (κ3) is 5.24. The molecule has 0 radical (unpaired) electrons. The minimum Gasteiger partial charge on any atom is -0.339 e. The number of carbonyl (C=O) groups is 1. The van der Waals surface area contributed by atoms with Crippen LogP contribution in [0, 0.1) is 0 Å². The molecule has 0 aliphatic carbocycles. The molecule has 0 fully saturated rings. The third-order valence-corrected chi connectivity index (χ3v) is 4.24. The van der Waals surface area contributed by atoms with E-state index in [4.69, 9.17) is 0 Å². The average molecular weight is 429 g/mol. The van der Waals surface area contributed by atoms with Crippen molar-refractivity contribution in [1.29, 1.82) is 0 Å². The Bertz CT molecular complexity index is 1190. The van der Waals surface area contributed by atoms with Gasteiger partial charge in [-0.1, -0.05) is 6.92 Å². The standard InChI is InChI=1S/C20H21F2N7O2/c1-5-12-8-17(27-19(25-12)20(3,21)22)26-15-9-16(24-11(2)30)23-10-13(15)14-6-7-18(31)29(4)28-14/h6-10H,5H2,1-4H3,(H2,23,24,25,26,27,30). The van der Waals surface area contributed by atoms with Crippen LogP contribution in [0.4, 0.5) is 26.1 Å². The van der Waals surface area contributed by atoms with E-state index in [0.717, 1.165) is 11.6 Å². The molecular weight excluding hydrogens is 408 g/mol. The summed E-state index contributed by atoms with van der Waals surface area (Å²) in [6.45, 7) is 3.86. The maximum absolute atomic E-state index is 13.9. The van der Waals surface area contributed by atoms with Gasteiger partial charge in [-0.3, -0.25) is 9.59 Å². The second-order valence-corrected chi connectivity index (χ2v) is 6.91. The van der Waals surface area contributed by atoms with Gasteiger partial charge in [0, 0.05) is 56.5 Å². The van der Waals surface area contributed by atoms with E-state index < -0.39 is 11.7 Å². The Labute approximate surface area is 176 Å². The summed E-state index contributed by atoms with van der Waals surface area (Å²) in [4.78, 5) is 35.2. The second kappa shape index (κ2) is 8.54. The Morgan fingerprint density at radius 2 is 1.94 bits per heavy atom. The molecular formula is C20H21F2N7O2. The van der Waals surface area contributed by atoms with Crippen molar-refractivity contribution in [2.45, 2.75) is 33.1 Å². The smallest absolute Gasteiger partial charge is 0.303 e. The topological polar surface area (TPSA) is 115 Å². The molecule has 0 aromatic carbocycles. The summed E-state index contributed by atoms with van der Waals surface area (Å²) in [6, 6.07) is 5.96. The van der Waals surface area contributed by atoms with Crippen LogP contribution in [-0.4, -0.2) is 30.6 Å². The molecule has 2 N–H and O–H groups in total. The number of pyridine rings is 1. The van der Waals surface area contributed by atoms with Gasteiger partial charge in [0.15, 0.2) is 0 Å². The van der Waals surface area contributed by atoms with Crippen LogP contribution in [0.2, 0.25) is 0 Å². The zero-order chi connectivity index (χ0) is 22.8. The van der Waals surface area contributed by atoms with Gasteiger partial charge in [0.05, 0.1) is 11.4 Å². The molecule has 3 aromatic rings. The van der Waals surface area contributed by atoms with E-state index in [1.54, 1.807) is 13.0 Å². The third-order valence-electron chi connectivity index (χ3n) is 4.24. The first-order valence-electron chi connectivity index (χ1n) is 9.42. The molecule has 0 aliphatic heterocycles. The molecule has 0 aliphatic rings. The largest absolute Gasteiger partial charge is 0.339 e. The lowest BCUT2D eigenvalue weighted by atomic mass is 10.1. The zero-order valence-electron chi connectivity index (χ0n) is 17.4. The second-order valence-electron chi connectivity index (χ2n) is 6.91. The quantitative estimate of drug-likeness (QED) is 0.619. The first kappa shape index (κ1) is 21.9. The van der Waals surface area contributed by atoms with Crippen molar-refractivity contribution in [1.82, 2.24) is 24.7 Å². The van der Waals surface area contributed by atoms with Gasteiger partial charge in [0.2, 0.25) is 11.7 Å². The molecule has 3 rings (SSSR count). The first-order valence-corrected chi connectivity index (χ1v) is 9.42. The van der Waals surface area contributed by atoms with E-state index in [9.17, 15) is 18.4 Å². The van der Waals surface area contributed by atoms with Gasteiger partial charge in [-0.05, 0) is 12.5 Å². The van der Waals surface area contributed by atoms with Gasteiger partial charge in [-0.2, -0.15) is 13.9 Å². The van der Waals surface area contributed by atoms with Crippen LogP contribution in [0.25, 0.3) is 11.3 Å². The minimum absolute atomic E-state index is 0.148. The van der Waals surface area contributed by atoms with Crippen molar-refractivity contribution >= 4 is 23.2 Å². The molecule has 0 atom stereocenters. The van der Waals surface area contributed by atoms with Crippen molar-refractivity contribution in [3.8, 4) is 11.3 Å². The van der Waals surface area contributed by atoms with Gasteiger partial charge in [-0.25, -0.2) is 19.6 Å². The van der Waals surface area contributed by atoms with Crippen LogP contribution in [0.5, 0.6) is 0 Å². The number of carbonyl (C=O) groups excluding carboxylic acids is 1. The van der Waals surface area contributed by atoms with Crippen LogP contribution in [0.1, 0.15) is 32.3 Å². The Balaban J connectivity index is 2.13. The van der Waals surface area contributed by atoms with Gasteiger partial charge in [0.25, 0.3) is 5.56 Å². The highest BCUT2D eigenvalue weighted by Crippen LogP contribution is 2.31. The van der Waals surface area contributed by atoms with Crippen molar-refractivity contribution in [3.63, 3.8) is 0 Å². The number of hydrogen-bond acceptors (Lipinski definition) is 7.